The number of hydrogen-bond acceptors (Lipinski definition) is 4. The monoisotopic (exact) mass is 426 g/mol. The fourth-order valence-electron chi connectivity index (χ4n) is 4.48. The van der Waals surface area contributed by atoms with Gasteiger partial charge in [0.2, 0.25) is 5.91 Å². The third-order valence-corrected chi connectivity index (χ3v) is 7.86. The molecule has 160 valence electrons. The number of carbonyl (C=O) groups is 1. The number of aryl methyl sites for hydroxylation is 1. The summed E-state index contributed by atoms with van der Waals surface area (Å²) in [6.45, 7) is 5.84. The van der Waals surface area contributed by atoms with Crippen LogP contribution in [-0.2, 0) is 21.1 Å². The van der Waals surface area contributed by atoms with Crippen molar-refractivity contribution >= 4 is 21.4 Å². The van der Waals surface area contributed by atoms with E-state index in [9.17, 15) is 13.2 Å². The molecule has 0 bridgehead atoms. The average molecular weight is 427 g/mol. The molecule has 0 N–H and O–H groups in total. The first-order chi connectivity index (χ1) is 14.4. The number of sulfone groups is 1. The summed E-state index contributed by atoms with van der Waals surface area (Å²) in [7, 11) is -3.01. The maximum Gasteiger partial charge on any atom is 0.248 e. The molecule has 4 rings (SSSR count). The quantitative estimate of drug-likeness (QED) is 0.750. The van der Waals surface area contributed by atoms with Gasteiger partial charge in [0.15, 0.2) is 9.84 Å². The first-order valence-corrected chi connectivity index (χ1v) is 12.6. The first-order valence-electron chi connectivity index (χ1n) is 10.8. The molecular formula is C24H30N2O3S. The minimum Gasteiger partial charge on any atom is -0.310 e. The zero-order valence-electron chi connectivity index (χ0n) is 17.8. The van der Waals surface area contributed by atoms with E-state index in [0.29, 0.717) is 25.6 Å². The Morgan fingerprint density at radius 2 is 1.63 bits per heavy atom. The lowest BCUT2D eigenvalue weighted by atomic mass is 9.93. The molecule has 30 heavy (non-hydrogen) atoms. The summed E-state index contributed by atoms with van der Waals surface area (Å²) in [6, 6.07) is 15.8. The van der Waals surface area contributed by atoms with Gasteiger partial charge in [0.05, 0.1) is 11.5 Å². The van der Waals surface area contributed by atoms with Gasteiger partial charge < -0.3 is 4.90 Å². The largest absolute Gasteiger partial charge is 0.310 e. The van der Waals surface area contributed by atoms with Crippen LogP contribution in [0.5, 0.6) is 0 Å². The zero-order valence-corrected chi connectivity index (χ0v) is 18.6. The lowest BCUT2D eigenvalue weighted by Gasteiger charge is -2.38. The van der Waals surface area contributed by atoms with Crippen LogP contribution in [0, 0.1) is 0 Å². The van der Waals surface area contributed by atoms with Gasteiger partial charge in [-0.1, -0.05) is 56.3 Å². The van der Waals surface area contributed by atoms with Crippen LogP contribution in [-0.4, -0.2) is 50.4 Å². The Morgan fingerprint density at radius 3 is 2.30 bits per heavy atom. The second-order valence-electron chi connectivity index (χ2n) is 8.64. The van der Waals surface area contributed by atoms with Crippen molar-refractivity contribution in [2.24, 2.45) is 0 Å². The molecule has 1 saturated heterocycles. The smallest absolute Gasteiger partial charge is 0.248 e. The number of fused-ring (bicyclic) bond motifs is 1. The summed E-state index contributed by atoms with van der Waals surface area (Å²) in [5, 5.41) is 0. The minimum atomic E-state index is -3.01. The SMILES string of the molecule is CC(C)c1ccc2c(c1)CCCN2C(=O)C(c1ccccc1)N1CCS(=O)(=O)CC1. The molecular weight excluding hydrogens is 396 g/mol. The number of rotatable bonds is 4. The number of carbonyl (C=O) groups excluding carboxylic acids is 1. The van der Waals surface area contributed by atoms with Crippen molar-refractivity contribution in [1.29, 1.82) is 0 Å². The lowest BCUT2D eigenvalue weighted by Crippen LogP contribution is -2.49. The van der Waals surface area contributed by atoms with Crippen LogP contribution in [0.25, 0.3) is 0 Å². The van der Waals surface area contributed by atoms with Crippen molar-refractivity contribution in [2.75, 3.05) is 36.0 Å². The highest BCUT2D eigenvalue weighted by atomic mass is 32.2. The summed E-state index contributed by atoms with van der Waals surface area (Å²) >= 11 is 0. The summed E-state index contributed by atoms with van der Waals surface area (Å²) in [4.78, 5) is 17.8. The van der Waals surface area contributed by atoms with Crippen molar-refractivity contribution in [2.45, 2.75) is 38.6 Å². The van der Waals surface area contributed by atoms with Crippen LogP contribution in [0.15, 0.2) is 48.5 Å². The Kier molecular flexibility index (Phi) is 5.98. The molecule has 2 aliphatic heterocycles. The highest BCUT2D eigenvalue weighted by Gasteiger charge is 2.36. The van der Waals surface area contributed by atoms with Gasteiger partial charge in [-0.3, -0.25) is 9.69 Å². The second-order valence-corrected chi connectivity index (χ2v) is 10.9. The molecule has 2 heterocycles. The molecule has 0 aliphatic carbocycles. The summed E-state index contributed by atoms with van der Waals surface area (Å²) in [6.07, 6.45) is 1.92. The van der Waals surface area contributed by atoms with Gasteiger partial charge in [-0.05, 0) is 41.5 Å². The van der Waals surface area contributed by atoms with Crippen LogP contribution in [0.3, 0.4) is 0 Å². The second kappa shape index (κ2) is 8.52. The summed E-state index contributed by atoms with van der Waals surface area (Å²) in [5.41, 5.74) is 4.45. The maximum atomic E-state index is 13.9. The molecule has 2 aliphatic rings. The number of amides is 1. The van der Waals surface area contributed by atoms with E-state index in [-0.39, 0.29) is 17.4 Å². The highest BCUT2D eigenvalue weighted by molar-refractivity contribution is 7.91. The molecule has 2 aromatic rings. The van der Waals surface area contributed by atoms with Gasteiger partial charge in [0.25, 0.3) is 0 Å². The van der Waals surface area contributed by atoms with Gasteiger partial charge in [0, 0.05) is 25.3 Å². The minimum absolute atomic E-state index is 0.0405. The summed E-state index contributed by atoms with van der Waals surface area (Å²) in [5.74, 6) is 0.711. The number of benzene rings is 2. The van der Waals surface area contributed by atoms with Crippen molar-refractivity contribution in [3.05, 3.63) is 65.2 Å². The third-order valence-electron chi connectivity index (χ3n) is 6.25. The van der Waals surface area contributed by atoms with E-state index in [0.717, 1.165) is 24.1 Å². The molecule has 0 radical (unpaired) electrons. The van der Waals surface area contributed by atoms with Gasteiger partial charge in [-0.2, -0.15) is 0 Å². The fraction of sp³-hybridized carbons (Fsp3) is 0.458. The predicted octanol–water partition coefficient (Wildman–Crippen LogP) is 3.56. The highest BCUT2D eigenvalue weighted by Crippen LogP contribution is 2.34. The Bertz CT molecular complexity index is 1000. The van der Waals surface area contributed by atoms with Crippen LogP contribution in [0.4, 0.5) is 5.69 Å². The Labute approximate surface area is 179 Å². The molecule has 0 spiro atoms. The first kappa shape index (κ1) is 21.1. The van der Waals surface area contributed by atoms with Crippen LogP contribution >= 0.6 is 0 Å². The van der Waals surface area contributed by atoms with Crippen LogP contribution < -0.4 is 4.90 Å². The Hall–Kier alpha value is -2.18. The number of hydrogen-bond donors (Lipinski definition) is 0. The van der Waals surface area contributed by atoms with Crippen molar-refractivity contribution in [1.82, 2.24) is 4.90 Å². The normalized spacial score (nSPS) is 20.0. The van der Waals surface area contributed by atoms with Gasteiger partial charge in [-0.15, -0.1) is 0 Å². The van der Waals surface area contributed by atoms with E-state index in [1.807, 2.05) is 40.1 Å². The lowest BCUT2D eigenvalue weighted by molar-refractivity contribution is -0.124. The van der Waals surface area contributed by atoms with Crippen molar-refractivity contribution in [3.63, 3.8) is 0 Å². The van der Waals surface area contributed by atoms with E-state index in [1.54, 1.807) is 0 Å². The topological polar surface area (TPSA) is 57.7 Å². The molecule has 0 saturated carbocycles. The third kappa shape index (κ3) is 4.30. The molecule has 6 heteroatoms. The Morgan fingerprint density at radius 1 is 0.933 bits per heavy atom. The molecule has 0 aromatic heterocycles. The molecule has 1 fully saturated rings. The standard InChI is InChI=1S/C24H30N2O3S/c1-18(2)20-10-11-22-21(17-20)9-6-12-26(22)24(27)23(19-7-4-3-5-8-19)25-13-15-30(28,29)16-14-25/h3-5,7-8,10-11,17-18,23H,6,9,12-16H2,1-2H3. The number of anilines is 1. The van der Waals surface area contributed by atoms with E-state index in [2.05, 4.69) is 32.0 Å². The van der Waals surface area contributed by atoms with E-state index in [4.69, 9.17) is 0 Å². The molecule has 2 aromatic carbocycles. The van der Waals surface area contributed by atoms with Gasteiger partial charge >= 0.3 is 0 Å². The summed E-state index contributed by atoms with van der Waals surface area (Å²) < 4.78 is 23.9. The molecule has 1 atom stereocenters. The van der Waals surface area contributed by atoms with Gasteiger partial charge in [0.1, 0.15) is 6.04 Å². The van der Waals surface area contributed by atoms with E-state index in [1.165, 1.54) is 11.1 Å². The van der Waals surface area contributed by atoms with Crippen molar-refractivity contribution in [3.8, 4) is 0 Å². The fourth-order valence-corrected chi connectivity index (χ4v) is 5.71. The molecule has 1 unspecified atom stereocenters. The molecule has 1 amide bonds. The van der Waals surface area contributed by atoms with E-state index >= 15 is 0 Å². The van der Waals surface area contributed by atoms with Crippen LogP contribution in [0.2, 0.25) is 0 Å². The average Bonchev–Trinajstić information content (AvgIpc) is 2.75. The van der Waals surface area contributed by atoms with Crippen molar-refractivity contribution < 1.29 is 13.2 Å². The van der Waals surface area contributed by atoms with E-state index < -0.39 is 15.9 Å². The number of nitrogens with zero attached hydrogens (tertiary/aromatic N) is 2. The van der Waals surface area contributed by atoms with Crippen LogP contribution in [0.1, 0.15) is 48.9 Å². The van der Waals surface area contributed by atoms with Gasteiger partial charge in [-0.25, -0.2) is 8.42 Å². The zero-order chi connectivity index (χ0) is 21.3. The molecule has 5 nitrogen and oxygen atoms in total. The Balaban J connectivity index is 1.68. The maximum absolute atomic E-state index is 13.9. The predicted molar refractivity (Wildman–Crippen MR) is 121 cm³/mol.